The molecule has 152 valence electrons. The summed E-state index contributed by atoms with van der Waals surface area (Å²) in [7, 11) is 1.58. The van der Waals surface area contributed by atoms with E-state index < -0.39 is 12.0 Å². The van der Waals surface area contributed by atoms with Crippen LogP contribution in [0, 0.1) is 6.92 Å². The van der Waals surface area contributed by atoms with Crippen LogP contribution in [0.15, 0.2) is 35.5 Å². The summed E-state index contributed by atoms with van der Waals surface area (Å²) in [6.45, 7) is 2.05. The maximum Gasteiger partial charge on any atom is 0.355 e. The second kappa shape index (κ2) is 7.84. The van der Waals surface area contributed by atoms with Crippen molar-refractivity contribution in [1.82, 2.24) is 25.1 Å². The molecule has 0 bridgehead atoms. The third-order valence-corrected chi connectivity index (χ3v) is 6.06. The molecule has 2 aliphatic heterocycles. The van der Waals surface area contributed by atoms with Gasteiger partial charge in [-0.1, -0.05) is 12.1 Å². The van der Waals surface area contributed by atoms with E-state index in [-0.39, 0.29) is 30.1 Å². The van der Waals surface area contributed by atoms with E-state index >= 15 is 0 Å². The van der Waals surface area contributed by atoms with E-state index in [4.69, 9.17) is 15.2 Å². The third kappa shape index (κ3) is 3.70. The summed E-state index contributed by atoms with van der Waals surface area (Å²) in [6.07, 6.45) is 0. The molecule has 1 unspecified atom stereocenters. The Hall–Kier alpha value is -2.92. The van der Waals surface area contributed by atoms with Crippen molar-refractivity contribution in [2.45, 2.75) is 31.5 Å². The van der Waals surface area contributed by atoms with Crippen molar-refractivity contribution >= 4 is 23.6 Å². The Bertz CT molecular complexity index is 973. The zero-order chi connectivity index (χ0) is 20.5. The first kappa shape index (κ1) is 19.4. The maximum absolute atomic E-state index is 12.9. The van der Waals surface area contributed by atoms with E-state index in [9.17, 15) is 9.59 Å². The van der Waals surface area contributed by atoms with Gasteiger partial charge in [0.25, 0.3) is 0 Å². The van der Waals surface area contributed by atoms with Crippen LogP contribution < -0.4 is 10.5 Å². The minimum atomic E-state index is -0.613. The van der Waals surface area contributed by atoms with Crippen LogP contribution in [0.2, 0.25) is 0 Å². The number of hydrogen-bond acceptors (Lipinski definition) is 9. The summed E-state index contributed by atoms with van der Waals surface area (Å²) in [5, 5.41) is 11.7. The molecule has 0 spiro atoms. The average molecular weight is 416 g/mol. The Morgan fingerprint density at radius 3 is 2.76 bits per heavy atom. The maximum atomic E-state index is 12.9. The summed E-state index contributed by atoms with van der Waals surface area (Å²) in [4.78, 5) is 28.1. The van der Waals surface area contributed by atoms with Crippen LogP contribution >= 0.6 is 11.8 Å². The van der Waals surface area contributed by atoms with Crippen molar-refractivity contribution in [3.8, 4) is 5.75 Å². The van der Waals surface area contributed by atoms with E-state index in [1.807, 2.05) is 12.1 Å². The summed E-state index contributed by atoms with van der Waals surface area (Å²) in [5.41, 5.74) is 7.63. The van der Waals surface area contributed by atoms with Gasteiger partial charge in [0, 0.05) is 5.75 Å². The molecule has 29 heavy (non-hydrogen) atoms. The average Bonchev–Trinajstić information content (AvgIpc) is 3.16. The number of tetrazole rings is 1. The van der Waals surface area contributed by atoms with Gasteiger partial charge in [0.1, 0.15) is 29.5 Å². The van der Waals surface area contributed by atoms with Crippen LogP contribution in [-0.4, -0.2) is 61.3 Å². The van der Waals surface area contributed by atoms with Crippen molar-refractivity contribution in [2.75, 3.05) is 12.9 Å². The number of aryl methyl sites for hydroxylation is 1. The van der Waals surface area contributed by atoms with E-state index in [0.717, 1.165) is 5.56 Å². The van der Waals surface area contributed by atoms with Crippen molar-refractivity contribution in [3.05, 3.63) is 46.9 Å². The fraction of sp³-hybridized carbons (Fsp3) is 0.389. The van der Waals surface area contributed by atoms with Crippen LogP contribution in [0.5, 0.6) is 5.75 Å². The number of carbonyl (C=O) groups is 2. The van der Waals surface area contributed by atoms with Crippen molar-refractivity contribution in [1.29, 1.82) is 0 Å². The number of methoxy groups -OCH3 is 1. The number of nitrogens with zero attached hydrogens (tertiary/aromatic N) is 5. The third-order valence-electron chi connectivity index (χ3n) is 4.70. The first-order valence-corrected chi connectivity index (χ1v) is 9.99. The quantitative estimate of drug-likeness (QED) is 0.520. The van der Waals surface area contributed by atoms with Gasteiger partial charge < -0.3 is 15.2 Å². The zero-order valence-electron chi connectivity index (χ0n) is 15.9. The Labute approximate surface area is 171 Å². The Morgan fingerprint density at radius 1 is 1.34 bits per heavy atom. The van der Waals surface area contributed by atoms with Gasteiger partial charge in [-0.3, -0.25) is 9.69 Å². The first-order valence-electron chi connectivity index (χ1n) is 8.94. The molecule has 2 N–H and O–H groups in total. The number of rotatable bonds is 6. The van der Waals surface area contributed by atoms with Crippen LogP contribution in [0.3, 0.4) is 0 Å². The molecule has 0 radical (unpaired) electrons. The summed E-state index contributed by atoms with van der Waals surface area (Å²) < 4.78 is 10.6. The van der Waals surface area contributed by atoms with E-state index in [2.05, 4.69) is 15.4 Å². The Kier molecular flexibility index (Phi) is 5.24. The molecule has 3 heterocycles. The predicted octanol–water partition coefficient (Wildman–Crippen LogP) is 0.230. The van der Waals surface area contributed by atoms with Crippen LogP contribution in [0.4, 0.5) is 0 Å². The summed E-state index contributed by atoms with van der Waals surface area (Å²) in [5.74, 6) is 0.901. The molecule has 11 heteroatoms. The lowest BCUT2D eigenvalue weighted by atomic mass is 10.0. The van der Waals surface area contributed by atoms with Gasteiger partial charge in [-0.25, -0.2) is 4.79 Å². The fourth-order valence-corrected chi connectivity index (χ4v) is 4.47. The molecule has 2 aromatic rings. The number of ether oxygens (including phenoxy) is 2. The number of benzene rings is 1. The molecule has 4 rings (SSSR count). The summed E-state index contributed by atoms with van der Waals surface area (Å²) >= 11 is 1.51. The zero-order valence-corrected chi connectivity index (χ0v) is 16.8. The van der Waals surface area contributed by atoms with Crippen LogP contribution in [0.1, 0.15) is 11.4 Å². The SMILES string of the molecule is COc1ccc(COC(=O)C2=C(Cn3nnc(C)n3)CS[C@@H]3C(N)C(=O)N23)cc1. The molecule has 1 fully saturated rings. The van der Waals surface area contributed by atoms with Crippen LogP contribution in [0.25, 0.3) is 0 Å². The van der Waals surface area contributed by atoms with Gasteiger partial charge >= 0.3 is 5.97 Å². The Morgan fingerprint density at radius 2 is 2.10 bits per heavy atom. The number of hydrogen-bond donors (Lipinski definition) is 1. The van der Waals surface area contributed by atoms with Gasteiger partial charge in [-0.15, -0.1) is 22.0 Å². The van der Waals surface area contributed by atoms with Gasteiger partial charge in [0.15, 0.2) is 5.82 Å². The molecule has 10 nitrogen and oxygen atoms in total. The lowest BCUT2D eigenvalue weighted by Gasteiger charge is -2.48. The largest absolute Gasteiger partial charge is 0.497 e. The monoisotopic (exact) mass is 416 g/mol. The molecular formula is C18H20N6O4S. The lowest BCUT2D eigenvalue weighted by Crippen LogP contribution is -2.68. The van der Waals surface area contributed by atoms with Gasteiger partial charge in [-0.2, -0.15) is 4.80 Å². The number of β-lactam (4-membered cyclic amide) rings is 1. The molecule has 2 atom stereocenters. The standard InChI is InChI=1S/C18H20N6O4S/c1-10-20-22-23(21-10)7-12-9-29-17-14(19)16(25)24(17)15(12)18(26)28-8-11-3-5-13(27-2)6-4-11/h3-6,14,17H,7-9,19H2,1-2H3/t14?,17-/m1/s1. The number of aromatic nitrogens is 4. The normalized spacial score (nSPS) is 20.9. The minimum absolute atomic E-state index is 0.0756. The number of nitrogens with two attached hydrogens (primary N) is 1. The number of amides is 1. The molecule has 0 saturated carbocycles. The first-order chi connectivity index (χ1) is 14.0. The highest BCUT2D eigenvalue weighted by Gasteiger charge is 2.52. The highest BCUT2D eigenvalue weighted by atomic mass is 32.2. The smallest absolute Gasteiger partial charge is 0.355 e. The fourth-order valence-electron chi connectivity index (χ4n) is 3.19. The molecule has 2 aliphatic rings. The second-order valence-electron chi connectivity index (χ2n) is 6.68. The second-order valence-corrected chi connectivity index (χ2v) is 7.78. The van der Waals surface area contributed by atoms with E-state index in [1.54, 1.807) is 26.2 Å². The highest BCUT2D eigenvalue weighted by molar-refractivity contribution is 8.00. The molecule has 1 amide bonds. The number of fused-ring (bicyclic) bond motifs is 1. The van der Waals surface area contributed by atoms with Crippen molar-refractivity contribution < 1.29 is 19.1 Å². The molecule has 1 aromatic heterocycles. The summed E-state index contributed by atoms with van der Waals surface area (Å²) in [6, 6.07) is 6.59. The molecule has 1 aromatic carbocycles. The predicted molar refractivity (Wildman–Crippen MR) is 103 cm³/mol. The Balaban J connectivity index is 1.55. The van der Waals surface area contributed by atoms with E-state index in [1.165, 1.54) is 21.5 Å². The van der Waals surface area contributed by atoms with Gasteiger partial charge in [0.2, 0.25) is 5.91 Å². The lowest BCUT2D eigenvalue weighted by molar-refractivity contribution is -0.151. The number of carbonyl (C=O) groups excluding carboxylic acids is 2. The van der Waals surface area contributed by atoms with Crippen LogP contribution in [-0.2, 0) is 27.5 Å². The van der Waals surface area contributed by atoms with Crippen molar-refractivity contribution in [2.24, 2.45) is 5.73 Å². The molecule has 1 saturated heterocycles. The van der Waals surface area contributed by atoms with Gasteiger partial charge in [-0.05, 0) is 35.4 Å². The van der Waals surface area contributed by atoms with E-state index in [0.29, 0.717) is 22.9 Å². The van der Waals surface area contributed by atoms with Crippen molar-refractivity contribution in [3.63, 3.8) is 0 Å². The molecular weight excluding hydrogens is 396 g/mol. The van der Waals surface area contributed by atoms with Gasteiger partial charge in [0.05, 0.1) is 13.7 Å². The number of thioether (sulfide) groups is 1. The molecule has 0 aliphatic carbocycles. The minimum Gasteiger partial charge on any atom is -0.497 e. The topological polar surface area (TPSA) is 125 Å². The highest BCUT2D eigenvalue weighted by Crippen LogP contribution is 2.40. The number of esters is 1.